The Balaban J connectivity index is 2.13. The SMILES string of the molecule is CCCN(CC1CCCCO1)c1nccc(C(F)(F)F)n1. The first kappa shape index (κ1) is 16.0. The Labute approximate surface area is 122 Å². The normalized spacial score (nSPS) is 19.5. The molecule has 0 aliphatic carbocycles. The highest BCUT2D eigenvalue weighted by molar-refractivity contribution is 5.31. The maximum Gasteiger partial charge on any atom is 0.433 e. The fourth-order valence-corrected chi connectivity index (χ4v) is 2.40. The largest absolute Gasteiger partial charge is 0.433 e. The number of nitrogens with zero attached hydrogens (tertiary/aromatic N) is 3. The second kappa shape index (κ2) is 7.06. The van der Waals surface area contributed by atoms with Crippen LogP contribution < -0.4 is 4.90 Å². The molecule has 1 unspecified atom stereocenters. The summed E-state index contributed by atoms with van der Waals surface area (Å²) in [4.78, 5) is 9.44. The molecule has 21 heavy (non-hydrogen) atoms. The summed E-state index contributed by atoms with van der Waals surface area (Å²) in [5.74, 6) is 0.126. The minimum Gasteiger partial charge on any atom is -0.376 e. The molecule has 1 aliphatic rings. The molecule has 0 N–H and O–H groups in total. The number of anilines is 1. The van der Waals surface area contributed by atoms with Crippen LogP contribution in [0.2, 0.25) is 0 Å². The van der Waals surface area contributed by atoms with Crippen LogP contribution in [0.25, 0.3) is 0 Å². The lowest BCUT2D eigenvalue weighted by Gasteiger charge is -2.30. The third kappa shape index (κ3) is 4.56. The van der Waals surface area contributed by atoms with Crippen LogP contribution in [-0.2, 0) is 10.9 Å². The number of alkyl halides is 3. The van der Waals surface area contributed by atoms with E-state index in [-0.39, 0.29) is 12.1 Å². The topological polar surface area (TPSA) is 38.2 Å². The summed E-state index contributed by atoms with van der Waals surface area (Å²) in [6.45, 7) is 3.84. The maximum absolute atomic E-state index is 12.7. The number of hydrogen-bond acceptors (Lipinski definition) is 4. The molecule has 0 bridgehead atoms. The summed E-state index contributed by atoms with van der Waals surface area (Å²) in [6, 6.07) is 0.894. The van der Waals surface area contributed by atoms with Crippen molar-refractivity contribution in [3.05, 3.63) is 18.0 Å². The van der Waals surface area contributed by atoms with E-state index in [9.17, 15) is 13.2 Å². The average Bonchev–Trinajstić information content (AvgIpc) is 2.47. The van der Waals surface area contributed by atoms with E-state index < -0.39 is 11.9 Å². The standard InChI is InChI=1S/C14H20F3N3O/c1-2-8-20(10-11-5-3-4-9-21-11)13-18-7-6-12(19-13)14(15,16)17/h6-7,11H,2-5,8-10H2,1H3. The summed E-state index contributed by atoms with van der Waals surface area (Å²) in [7, 11) is 0. The molecule has 1 aromatic rings. The maximum atomic E-state index is 12.7. The third-order valence-corrected chi connectivity index (χ3v) is 3.41. The second-order valence-electron chi connectivity index (χ2n) is 5.17. The summed E-state index contributed by atoms with van der Waals surface area (Å²) in [5.41, 5.74) is -0.904. The molecule has 1 saturated heterocycles. The molecule has 1 atom stereocenters. The lowest BCUT2D eigenvalue weighted by Crippen LogP contribution is -2.37. The highest BCUT2D eigenvalue weighted by Crippen LogP contribution is 2.28. The van der Waals surface area contributed by atoms with E-state index in [2.05, 4.69) is 9.97 Å². The van der Waals surface area contributed by atoms with Gasteiger partial charge in [0.05, 0.1) is 6.10 Å². The van der Waals surface area contributed by atoms with E-state index in [1.165, 1.54) is 0 Å². The minimum absolute atomic E-state index is 0.0449. The van der Waals surface area contributed by atoms with Gasteiger partial charge in [0.2, 0.25) is 5.95 Å². The van der Waals surface area contributed by atoms with Gasteiger partial charge < -0.3 is 9.64 Å². The molecule has 1 aromatic heterocycles. The van der Waals surface area contributed by atoms with E-state index in [0.29, 0.717) is 19.7 Å². The molecule has 1 fully saturated rings. The van der Waals surface area contributed by atoms with Crippen molar-refractivity contribution in [2.45, 2.75) is 44.9 Å². The van der Waals surface area contributed by atoms with Gasteiger partial charge in [0.15, 0.2) is 0 Å². The highest BCUT2D eigenvalue weighted by Gasteiger charge is 2.33. The number of aromatic nitrogens is 2. The number of hydrogen-bond donors (Lipinski definition) is 0. The van der Waals surface area contributed by atoms with Gasteiger partial charge in [-0.05, 0) is 31.7 Å². The first-order valence-corrected chi connectivity index (χ1v) is 7.27. The van der Waals surface area contributed by atoms with Crippen LogP contribution in [0.5, 0.6) is 0 Å². The fraction of sp³-hybridized carbons (Fsp3) is 0.714. The summed E-state index contributed by atoms with van der Waals surface area (Å²) in [6.07, 6.45) is 0.638. The zero-order chi connectivity index (χ0) is 15.3. The molecule has 0 saturated carbocycles. The van der Waals surface area contributed by atoms with Crippen molar-refractivity contribution >= 4 is 5.95 Å². The van der Waals surface area contributed by atoms with Crippen molar-refractivity contribution in [1.29, 1.82) is 0 Å². The average molecular weight is 303 g/mol. The van der Waals surface area contributed by atoms with E-state index in [0.717, 1.165) is 37.9 Å². The fourth-order valence-electron chi connectivity index (χ4n) is 2.40. The molecule has 0 radical (unpaired) electrons. The zero-order valence-electron chi connectivity index (χ0n) is 12.1. The summed E-state index contributed by atoms with van der Waals surface area (Å²) in [5, 5.41) is 0. The lowest BCUT2D eigenvalue weighted by molar-refractivity contribution is -0.141. The van der Waals surface area contributed by atoms with E-state index in [1.807, 2.05) is 6.92 Å². The highest BCUT2D eigenvalue weighted by atomic mass is 19.4. The Morgan fingerprint density at radius 3 is 2.81 bits per heavy atom. The molecule has 2 rings (SSSR count). The van der Waals surface area contributed by atoms with Gasteiger partial charge in [0.1, 0.15) is 5.69 Å². The van der Waals surface area contributed by atoms with Gasteiger partial charge in [-0.3, -0.25) is 0 Å². The molecule has 0 aromatic carbocycles. The van der Waals surface area contributed by atoms with Crippen LogP contribution in [0.15, 0.2) is 12.3 Å². The van der Waals surface area contributed by atoms with Gasteiger partial charge in [0.25, 0.3) is 0 Å². The second-order valence-corrected chi connectivity index (χ2v) is 5.17. The van der Waals surface area contributed by atoms with Crippen LogP contribution in [0.1, 0.15) is 38.3 Å². The molecule has 1 aliphatic heterocycles. The first-order chi connectivity index (χ1) is 10.0. The predicted molar refractivity (Wildman–Crippen MR) is 73.1 cm³/mol. The first-order valence-electron chi connectivity index (χ1n) is 7.27. The van der Waals surface area contributed by atoms with Crippen LogP contribution in [0, 0.1) is 0 Å². The minimum atomic E-state index is -4.45. The quantitative estimate of drug-likeness (QED) is 0.836. The Morgan fingerprint density at radius 2 is 2.19 bits per heavy atom. The molecular formula is C14H20F3N3O. The smallest absolute Gasteiger partial charge is 0.376 e. The van der Waals surface area contributed by atoms with Crippen molar-refractivity contribution < 1.29 is 17.9 Å². The molecule has 4 nitrogen and oxygen atoms in total. The Morgan fingerprint density at radius 1 is 1.38 bits per heavy atom. The predicted octanol–water partition coefficient (Wildman–Crippen LogP) is 3.28. The number of ether oxygens (including phenoxy) is 1. The van der Waals surface area contributed by atoms with Crippen molar-refractivity contribution in [1.82, 2.24) is 9.97 Å². The van der Waals surface area contributed by atoms with Crippen LogP contribution in [-0.4, -0.2) is 35.8 Å². The van der Waals surface area contributed by atoms with Gasteiger partial charge in [0, 0.05) is 25.9 Å². The van der Waals surface area contributed by atoms with Crippen LogP contribution >= 0.6 is 0 Å². The molecular weight excluding hydrogens is 283 g/mol. The van der Waals surface area contributed by atoms with Crippen molar-refractivity contribution in [3.8, 4) is 0 Å². The van der Waals surface area contributed by atoms with Gasteiger partial charge in [-0.25, -0.2) is 9.97 Å². The van der Waals surface area contributed by atoms with Crippen LogP contribution in [0.3, 0.4) is 0 Å². The van der Waals surface area contributed by atoms with Crippen molar-refractivity contribution in [2.75, 3.05) is 24.6 Å². The number of halogens is 3. The Kier molecular flexibility index (Phi) is 5.39. The summed E-state index contributed by atoms with van der Waals surface area (Å²) < 4.78 is 43.9. The van der Waals surface area contributed by atoms with Gasteiger partial charge in [-0.2, -0.15) is 13.2 Å². The number of rotatable bonds is 5. The lowest BCUT2D eigenvalue weighted by atomic mass is 10.1. The van der Waals surface area contributed by atoms with Crippen LogP contribution in [0.4, 0.5) is 19.1 Å². The van der Waals surface area contributed by atoms with Crippen molar-refractivity contribution in [2.24, 2.45) is 0 Å². The van der Waals surface area contributed by atoms with Gasteiger partial charge in [-0.15, -0.1) is 0 Å². The van der Waals surface area contributed by atoms with E-state index in [4.69, 9.17) is 4.74 Å². The molecule has 2 heterocycles. The monoisotopic (exact) mass is 303 g/mol. The molecule has 0 spiro atoms. The van der Waals surface area contributed by atoms with Gasteiger partial charge in [-0.1, -0.05) is 6.92 Å². The van der Waals surface area contributed by atoms with E-state index >= 15 is 0 Å². The van der Waals surface area contributed by atoms with Gasteiger partial charge >= 0.3 is 6.18 Å². The summed E-state index contributed by atoms with van der Waals surface area (Å²) >= 11 is 0. The Hall–Kier alpha value is -1.37. The zero-order valence-corrected chi connectivity index (χ0v) is 12.1. The van der Waals surface area contributed by atoms with E-state index in [1.54, 1.807) is 4.90 Å². The molecule has 118 valence electrons. The third-order valence-electron chi connectivity index (χ3n) is 3.41. The Bertz CT molecular complexity index is 447. The van der Waals surface area contributed by atoms with Crippen molar-refractivity contribution in [3.63, 3.8) is 0 Å². The molecule has 7 heteroatoms. The molecule has 0 amide bonds.